The zero-order valence-electron chi connectivity index (χ0n) is 20.6. The number of amides is 1. The lowest BCUT2D eigenvalue weighted by molar-refractivity contribution is -0.115. The molecule has 5 rings (SSSR count). The quantitative estimate of drug-likeness (QED) is 0.151. The van der Waals surface area contributed by atoms with Crippen LogP contribution in [0.4, 0.5) is 5.00 Å². The van der Waals surface area contributed by atoms with Crippen molar-refractivity contribution in [3.63, 3.8) is 0 Å². The Morgan fingerprint density at radius 1 is 1.22 bits per heavy atom. The van der Waals surface area contributed by atoms with E-state index in [9.17, 15) is 14.4 Å². The monoisotopic (exact) mass is 537 g/mol. The standard InChI is InChI=1S/C26H27N5O4S2/c1-3-35-25(34)20-17-12-8-5-9-13-19(17)37-24(20)29-22(32)15(2)36-26-28-21-18(23(33)30-26)14-27-31(21)16-10-6-4-7-11-16/h4,6-7,10-11,14-15H,3,5,8-9,12-13H2,1-2H3,(H,29,32)(H,28,30,33)/t15-/m0/s1. The number of aromatic nitrogens is 4. The summed E-state index contributed by atoms with van der Waals surface area (Å²) in [6, 6.07) is 9.42. The molecule has 3 aromatic heterocycles. The first-order valence-corrected chi connectivity index (χ1v) is 14.0. The van der Waals surface area contributed by atoms with Gasteiger partial charge in [0, 0.05) is 4.88 Å². The molecule has 3 heterocycles. The highest BCUT2D eigenvalue weighted by molar-refractivity contribution is 8.00. The highest BCUT2D eigenvalue weighted by Crippen LogP contribution is 2.38. The molecule has 37 heavy (non-hydrogen) atoms. The molecule has 0 fully saturated rings. The molecule has 192 valence electrons. The molecule has 1 aliphatic rings. The number of para-hydroxylation sites is 1. The lowest BCUT2D eigenvalue weighted by Crippen LogP contribution is -2.24. The van der Waals surface area contributed by atoms with Gasteiger partial charge in [-0.2, -0.15) is 5.10 Å². The summed E-state index contributed by atoms with van der Waals surface area (Å²) >= 11 is 2.60. The normalized spacial score (nSPS) is 14.1. The third kappa shape index (κ3) is 5.19. The molecule has 1 amide bonds. The minimum Gasteiger partial charge on any atom is -0.462 e. The van der Waals surface area contributed by atoms with Crippen LogP contribution in [0.2, 0.25) is 0 Å². The number of fused-ring (bicyclic) bond motifs is 2. The number of hydrogen-bond donors (Lipinski definition) is 2. The third-order valence-electron chi connectivity index (χ3n) is 6.21. The maximum atomic E-state index is 13.2. The average molecular weight is 538 g/mol. The fourth-order valence-corrected chi connectivity index (χ4v) is 6.47. The molecule has 0 saturated heterocycles. The molecular formula is C26H27N5O4S2. The van der Waals surface area contributed by atoms with Gasteiger partial charge in [0.1, 0.15) is 10.4 Å². The number of carbonyl (C=O) groups excluding carboxylic acids is 2. The molecule has 4 aromatic rings. The zero-order valence-corrected chi connectivity index (χ0v) is 22.2. The molecular weight excluding hydrogens is 510 g/mol. The van der Waals surface area contributed by atoms with E-state index in [0.717, 1.165) is 60.0 Å². The van der Waals surface area contributed by atoms with E-state index in [4.69, 9.17) is 4.74 Å². The summed E-state index contributed by atoms with van der Waals surface area (Å²) in [7, 11) is 0. The second-order valence-electron chi connectivity index (χ2n) is 8.74. The van der Waals surface area contributed by atoms with Crippen LogP contribution in [-0.4, -0.2) is 43.5 Å². The fraction of sp³-hybridized carbons (Fsp3) is 0.346. The smallest absolute Gasteiger partial charge is 0.341 e. The van der Waals surface area contributed by atoms with E-state index in [1.54, 1.807) is 18.5 Å². The number of nitrogens with one attached hydrogen (secondary N) is 2. The molecule has 1 aliphatic carbocycles. The van der Waals surface area contributed by atoms with Crippen molar-refractivity contribution in [3.05, 3.63) is 62.9 Å². The van der Waals surface area contributed by atoms with E-state index in [-0.39, 0.29) is 18.1 Å². The predicted molar refractivity (Wildman–Crippen MR) is 145 cm³/mol. The fourth-order valence-electron chi connectivity index (χ4n) is 4.40. The summed E-state index contributed by atoms with van der Waals surface area (Å²) in [5.74, 6) is -0.686. The predicted octanol–water partition coefficient (Wildman–Crippen LogP) is 4.74. The lowest BCUT2D eigenvalue weighted by Gasteiger charge is -2.12. The number of H-pyrrole nitrogens is 1. The Balaban J connectivity index is 1.39. The molecule has 0 spiro atoms. The Kier molecular flexibility index (Phi) is 7.43. The molecule has 1 aromatic carbocycles. The Labute approximate surface area is 221 Å². The van der Waals surface area contributed by atoms with E-state index in [0.29, 0.717) is 26.8 Å². The second kappa shape index (κ2) is 10.9. The number of esters is 1. The molecule has 0 bridgehead atoms. The Morgan fingerprint density at radius 3 is 2.78 bits per heavy atom. The number of aromatic amines is 1. The van der Waals surface area contributed by atoms with Crippen LogP contribution in [0.1, 0.15) is 53.9 Å². The van der Waals surface area contributed by atoms with Crippen LogP contribution in [-0.2, 0) is 22.4 Å². The molecule has 2 N–H and O–H groups in total. The molecule has 0 aliphatic heterocycles. The highest BCUT2D eigenvalue weighted by atomic mass is 32.2. The Morgan fingerprint density at radius 2 is 2.00 bits per heavy atom. The van der Waals surface area contributed by atoms with Crippen molar-refractivity contribution in [3.8, 4) is 5.69 Å². The van der Waals surface area contributed by atoms with Crippen LogP contribution in [0.5, 0.6) is 0 Å². The van der Waals surface area contributed by atoms with Crippen molar-refractivity contribution in [1.82, 2.24) is 19.7 Å². The number of hydrogen-bond acceptors (Lipinski definition) is 8. The molecule has 1 atom stereocenters. The number of thiophene rings is 1. The molecule has 0 saturated carbocycles. The van der Waals surface area contributed by atoms with Gasteiger partial charge in [-0.25, -0.2) is 14.5 Å². The van der Waals surface area contributed by atoms with Crippen LogP contribution >= 0.6 is 23.1 Å². The average Bonchev–Trinajstić information content (AvgIpc) is 3.38. The Hall–Kier alpha value is -3.44. The van der Waals surface area contributed by atoms with Gasteiger partial charge in [-0.05, 0) is 57.2 Å². The van der Waals surface area contributed by atoms with Crippen molar-refractivity contribution in [2.75, 3.05) is 11.9 Å². The van der Waals surface area contributed by atoms with Crippen molar-refractivity contribution in [1.29, 1.82) is 0 Å². The SMILES string of the molecule is CCOC(=O)c1c(NC(=O)[C@H](C)Sc2nc3c(cnn3-c3ccccc3)c(=O)[nH]2)sc2c1CCCCC2. The Bertz CT molecular complexity index is 1510. The van der Waals surface area contributed by atoms with Gasteiger partial charge in [-0.15, -0.1) is 11.3 Å². The highest BCUT2D eigenvalue weighted by Gasteiger charge is 2.28. The summed E-state index contributed by atoms with van der Waals surface area (Å²) in [5.41, 5.74) is 2.35. The maximum absolute atomic E-state index is 13.2. The zero-order chi connectivity index (χ0) is 25.9. The first-order valence-electron chi connectivity index (χ1n) is 12.3. The second-order valence-corrected chi connectivity index (χ2v) is 11.2. The van der Waals surface area contributed by atoms with Gasteiger partial charge in [0.2, 0.25) is 5.91 Å². The van der Waals surface area contributed by atoms with E-state index in [1.807, 2.05) is 30.3 Å². The van der Waals surface area contributed by atoms with Gasteiger partial charge >= 0.3 is 5.97 Å². The minimum atomic E-state index is -0.592. The van der Waals surface area contributed by atoms with Gasteiger partial charge in [0.05, 0.1) is 29.3 Å². The lowest BCUT2D eigenvalue weighted by atomic mass is 10.1. The largest absolute Gasteiger partial charge is 0.462 e. The number of ether oxygens (including phenoxy) is 1. The van der Waals surface area contributed by atoms with E-state index in [1.165, 1.54) is 17.5 Å². The van der Waals surface area contributed by atoms with Crippen molar-refractivity contribution in [2.45, 2.75) is 56.4 Å². The van der Waals surface area contributed by atoms with Gasteiger partial charge in [0.25, 0.3) is 5.56 Å². The number of aryl methyl sites for hydroxylation is 1. The van der Waals surface area contributed by atoms with Crippen LogP contribution in [0.25, 0.3) is 16.7 Å². The van der Waals surface area contributed by atoms with Crippen LogP contribution in [0.3, 0.4) is 0 Å². The van der Waals surface area contributed by atoms with Gasteiger partial charge in [0.15, 0.2) is 10.8 Å². The first-order chi connectivity index (χ1) is 18.0. The van der Waals surface area contributed by atoms with E-state index >= 15 is 0 Å². The van der Waals surface area contributed by atoms with Gasteiger partial charge in [-0.3, -0.25) is 9.59 Å². The van der Waals surface area contributed by atoms with Crippen LogP contribution < -0.4 is 10.9 Å². The van der Waals surface area contributed by atoms with Crippen LogP contribution in [0.15, 0.2) is 46.5 Å². The van der Waals surface area contributed by atoms with E-state index in [2.05, 4.69) is 20.4 Å². The molecule has 11 heteroatoms. The van der Waals surface area contributed by atoms with E-state index < -0.39 is 11.2 Å². The number of carbonyl (C=O) groups is 2. The van der Waals surface area contributed by atoms with Crippen molar-refractivity contribution < 1.29 is 14.3 Å². The summed E-state index contributed by atoms with van der Waals surface area (Å²) in [6.07, 6.45) is 6.38. The number of benzene rings is 1. The number of rotatable bonds is 7. The van der Waals surface area contributed by atoms with Crippen LogP contribution in [0, 0.1) is 0 Å². The summed E-state index contributed by atoms with van der Waals surface area (Å²) < 4.78 is 6.92. The summed E-state index contributed by atoms with van der Waals surface area (Å²) in [5, 5.41) is 7.89. The number of thioether (sulfide) groups is 1. The minimum absolute atomic E-state index is 0.268. The topological polar surface area (TPSA) is 119 Å². The van der Waals surface area contributed by atoms with Gasteiger partial charge in [-0.1, -0.05) is 36.4 Å². The van der Waals surface area contributed by atoms with Crippen molar-refractivity contribution >= 4 is 51.0 Å². The molecule has 9 nitrogen and oxygen atoms in total. The number of anilines is 1. The number of nitrogens with zero attached hydrogens (tertiary/aromatic N) is 3. The van der Waals surface area contributed by atoms with Crippen molar-refractivity contribution in [2.24, 2.45) is 0 Å². The molecule has 0 unspecified atom stereocenters. The first kappa shape index (κ1) is 25.2. The summed E-state index contributed by atoms with van der Waals surface area (Å²) in [4.78, 5) is 47.2. The maximum Gasteiger partial charge on any atom is 0.341 e. The van der Waals surface area contributed by atoms with Gasteiger partial charge < -0.3 is 15.0 Å². The summed E-state index contributed by atoms with van der Waals surface area (Å²) in [6.45, 7) is 3.78. The third-order valence-corrected chi connectivity index (χ3v) is 8.40. The molecule has 0 radical (unpaired) electrons.